The van der Waals surface area contributed by atoms with Gasteiger partial charge in [0.15, 0.2) is 0 Å². The molecule has 3 rings (SSSR count). The summed E-state index contributed by atoms with van der Waals surface area (Å²) in [4.78, 5) is 17.1. The van der Waals surface area contributed by atoms with Crippen molar-refractivity contribution < 1.29 is 13.9 Å². The van der Waals surface area contributed by atoms with Crippen LogP contribution in [0.4, 0.5) is 4.39 Å². The third kappa shape index (κ3) is 6.24. The van der Waals surface area contributed by atoms with Gasteiger partial charge in [0.1, 0.15) is 5.82 Å². The number of hydrogen-bond donors (Lipinski definition) is 2. The van der Waals surface area contributed by atoms with Crippen LogP contribution in [0.5, 0.6) is 0 Å². The number of ether oxygens (including phenoxy) is 1. The Kier molecular flexibility index (Phi) is 7.79. The molecule has 6 nitrogen and oxygen atoms in total. The maximum Gasteiger partial charge on any atom is 0.234 e. The number of rotatable bonds is 7. The quantitative estimate of drug-likeness (QED) is 0.731. The van der Waals surface area contributed by atoms with Crippen LogP contribution in [-0.4, -0.2) is 80.8 Å². The topological polar surface area (TPSA) is 56.8 Å². The zero-order chi connectivity index (χ0) is 19.9. The molecule has 1 aromatic rings. The second-order valence-corrected chi connectivity index (χ2v) is 8.20. The van der Waals surface area contributed by atoms with Gasteiger partial charge in [0.2, 0.25) is 5.91 Å². The van der Waals surface area contributed by atoms with Crippen molar-refractivity contribution in [3.8, 4) is 0 Å². The molecule has 2 heterocycles. The standard InChI is InChI=1S/C21H33FN4O2/c1-16(2)13-25-8-9-28-19(14-25)11-24-21(27)15-26-7-6-23-12-20(26)17-4-3-5-18(22)10-17/h3-5,10,16,19-20,23H,6-9,11-15H2,1-2H3,(H,24,27). The first-order chi connectivity index (χ1) is 13.5. The molecule has 0 aliphatic carbocycles. The van der Waals surface area contributed by atoms with Gasteiger partial charge >= 0.3 is 0 Å². The highest BCUT2D eigenvalue weighted by atomic mass is 19.1. The molecule has 2 unspecified atom stereocenters. The minimum atomic E-state index is -0.243. The van der Waals surface area contributed by atoms with E-state index in [0.717, 1.165) is 38.3 Å². The molecule has 7 heteroatoms. The summed E-state index contributed by atoms with van der Waals surface area (Å²) in [5, 5.41) is 6.37. The van der Waals surface area contributed by atoms with Crippen LogP contribution in [0, 0.1) is 11.7 Å². The number of carbonyl (C=O) groups excluding carboxylic acids is 1. The average molecular weight is 393 g/mol. The Morgan fingerprint density at radius 3 is 3.04 bits per heavy atom. The lowest BCUT2D eigenvalue weighted by Gasteiger charge is -2.36. The molecule has 2 saturated heterocycles. The van der Waals surface area contributed by atoms with Crippen LogP contribution in [-0.2, 0) is 9.53 Å². The van der Waals surface area contributed by atoms with E-state index in [4.69, 9.17) is 4.74 Å². The predicted molar refractivity (Wildman–Crippen MR) is 108 cm³/mol. The fraction of sp³-hybridized carbons (Fsp3) is 0.667. The van der Waals surface area contributed by atoms with Crippen molar-refractivity contribution in [3.63, 3.8) is 0 Å². The van der Waals surface area contributed by atoms with Crippen molar-refractivity contribution in [1.82, 2.24) is 20.4 Å². The van der Waals surface area contributed by atoms with E-state index < -0.39 is 0 Å². The highest BCUT2D eigenvalue weighted by molar-refractivity contribution is 5.78. The molecule has 2 atom stereocenters. The van der Waals surface area contributed by atoms with Crippen molar-refractivity contribution in [3.05, 3.63) is 35.6 Å². The first-order valence-electron chi connectivity index (χ1n) is 10.3. The molecule has 0 spiro atoms. The summed E-state index contributed by atoms with van der Waals surface area (Å²) in [5.74, 6) is 0.376. The molecule has 0 aromatic heterocycles. The molecular weight excluding hydrogens is 359 g/mol. The van der Waals surface area contributed by atoms with Gasteiger partial charge in [-0.15, -0.1) is 0 Å². The zero-order valence-corrected chi connectivity index (χ0v) is 17.0. The molecular formula is C21H33FN4O2. The van der Waals surface area contributed by atoms with Crippen molar-refractivity contribution >= 4 is 5.91 Å². The van der Waals surface area contributed by atoms with Crippen molar-refractivity contribution in [2.45, 2.75) is 26.0 Å². The fourth-order valence-electron chi connectivity index (χ4n) is 4.03. The molecule has 156 valence electrons. The molecule has 2 N–H and O–H groups in total. The van der Waals surface area contributed by atoms with Crippen LogP contribution < -0.4 is 10.6 Å². The van der Waals surface area contributed by atoms with Crippen LogP contribution in [0.2, 0.25) is 0 Å². The SMILES string of the molecule is CC(C)CN1CCOC(CNC(=O)CN2CCNCC2c2cccc(F)c2)C1. The fourth-order valence-corrected chi connectivity index (χ4v) is 4.03. The Bertz CT molecular complexity index is 643. The number of carbonyl (C=O) groups is 1. The van der Waals surface area contributed by atoms with Gasteiger partial charge in [-0.3, -0.25) is 14.6 Å². The van der Waals surface area contributed by atoms with E-state index in [1.165, 1.54) is 6.07 Å². The molecule has 1 aromatic carbocycles. The van der Waals surface area contributed by atoms with E-state index in [2.05, 4.69) is 34.3 Å². The summed E-state index contributed by atoms with van der Waals surface area (Å²) < 4.78 is 19.4. The van der Waals surface area contributed by atoms with E-state index in [1.807, 2.05) is 6.07 Å². The number of halogens is 1. The lowest BCUT2D eigenvalue weighted by Crippen LogP contribution is -2.52. The highest BCUT2D eigenvalue weighted by Gasteiger charge is 2.26. The van der Waals surface area contributed by atoms with Crippen LogP contribution in [0.25, 0.3) is 0 Å². The van der Waals surface area contributed by atoms with Crippen molar-refractivity contribution in [2.24, 2.45) is 5.92 Å². The Hall–Kier alpha value is -1.54. The Morgan fingerprint density at radius 2 is 2.25 bits per heavy atom. The summed E-state index contributed by atoms with van der Waals surface area (Å²) in [6.07, 6.45) is 0.0403. The lowest BCUT2D eigenvalue weighted by molar-refractivity contribution is -0.124. The number of nitrogens with zero attached hydrogens (tertiary/aromatic N) is 2. The number of piperazine rings is 1. The average Bonchev–Trinajstić information content (AvgIpc) is 2.67. The second-order valence-electron chi connectivity index (χ2n) is 8.20. The minimum absolute atomic E-state index is 0.00247. The molecule has 0 saturated carbocycles. The molecule has 0 bridgehead atoms. The van der Waals surface area contributed by atoms with Crippen molar-refractivity contribution in [2.75, 3.05) is 59.0 Å². The van der Waals surface area contributed by atoms with E-state index in [0.29, 0.717) is 32.2 Å². The van der Waals surface area contributed by atoms with Gasteiger partial charge in [-0.25, -0.2) is 4.39 Å². The Labute approximate surface area is 167 Å². The summed E-state index contributed by atoms with van der Waals surface area (Å²) in [5.41, 5.74) is 0.903. The van der Waals surface area contributed by atoms with Gasteiger partial charge in [0, 0.05) is 51.9 Å². The molecule has 0 radical (unpaired) electrons. The normalized spacial score (nSPS) is 24.4. The lowest BCUT2D eigenvalue weighted by atomic mass is 10.0. The van der Waals surface area contributed by atoms with E-state index in [1.54, 1.807) is 12.1 Å². The Morgan fingerprint density at radius 1 is 1.39 bits per heavy atom. The maximum atomic E-state index is 13.6. The first kappa shape index (κ1) is 21.2. The van der Waals surface area contributed by atoms with Gasteiger partial charge < -0.3 is 15.4 Å². The summed E-state index contributed by atoms with van der Waals surface area (Å²) in [7, 11) is 0. The third-order valence-electron chi connectivity index (χ3n) is 5.31. The van der Waals surface area contributed by atoms with Crippen LogP contribution in [0.1, 0.15) is 25.5 Å². The number of nitrogens with one attached hydrogen (secondary N) is 2. The maximum absolute atomic E-state index is 13.6. The van der Waals surface area contributed by atoms with Gasteiger partial charge in [0.05, 0.1) is 19.3 Å². The van der Waals surface area contributed by atoms with E-state index >= 15 is 0 Å². The molecule has 28 heavy (non-hydrogen) atoms. The molecule has 1 amide bonds. The summed E-state index contributed by atoms with van der Waals surface area (Å²) in [6.45, 7) is 11.2. The van der Waals surface area contributed by atoms with Crippen molar-refractivity contribution in [1.29, 1.82) is 0 Å². The number of amides is 1. The van der Waals surface area contributed by atoms with Gasteiger partial charge in [0.25, 0.3) is 0 Å². The largest absolute Gasteiger partial charge is 0.374 e. The second kappa shape index (κ2) is 10.3. The predicted octanol–water partition coefficient (Wildman–Crippen LogP) is 1.25. The first-order valence-corrected chi connectivity index (χ1v) is 10.3. The van der Waals surface area contributed by atoms with Crippen LogP contribution >= 0.6 is 0 Å². The number of morpholine rings is 1. The van der Waals surface area contributed by atoms with Gasteiger partial charge in [-0.1, -0.05) is 26.0 Å². The third-order valence-corrected chi connectivity index (χ3v) is 5.31. The minimum Gasteiger partial charge on any atom is -0.374 e. The molecule has 2 aliphatic rings. The number of benzene rings is 1. The molecule has 2 fully saturated rings. The van der Waals surface area contributed by atoms with Gasteiger partial charge in [-0.05, 0) is 23.6 Å². The zero-order valence-electron chi connectivity index (χ0n) is 17.0. The highest BCUT2D eigenvalue weighted by Crippen LogP contribution is 2.22. The van der Waals surface area contributed by atoms with E-state index in [9.17, 15) is 9.18 Å². The van der Waals surface area contributed by atoms with E-state index in [-0.39, 0.29) is 23.9 Å². The molecule has 2 aliphatic heterocycles. The van der Waals surface area contributed by atoms with Crippen LogP contribution in [0.3, 0.4) is 0 Å². The Balaban J connectivity index is 1.49. The summed E-state index contributed by atoms with van der Waals surface area (Å²) in [6, 6.07) is 6.65. The van der Waals surface area contributed by atoms with Gasteiger partial charge in [-0.2, -0.15) is 0 Å². The summed E-state index contributed by atoms with van der Waals surface area (Å²) >= 11 is 0. The monoisotopic (exact) mass is 392 g/mol. The van der Waals surface area contributed by atoms with Crippen LogP contribution in [0.15, 0.2) is 24.3 Å². The smallest absolute Gasteiger partial charge is 0.234 e. The number of hydrogen-bond acceptors (Lipinski definition) is 5.